The maximum absolute atomic E-state index is 12.3. The number of quaternary nitrogens is 1. The van der Waals surface area contributed by atoms with E-state index in [2.05, 4.69) is 4.72 Å². The van der Waals surface area contributed by atoms with E-state index in [1.165, 1.54) is 11.0 Å². The second-order valence-corrected chi connectivity index (χ2v) is 7.15. The lowest BCUT2D eigenvalue weighted by Crippen LogP contribution is -3.05. The van der Waals surface area contributed by atoms with Crippen LogP contribution >= 0.6 is 0 Å². The molecule has 0 bridgehead atoms. The first-order valence-electron chi connectivity index (χ1n) is 6.76. The molecule has 0 aliphatic heterocycles. The summed E-state index contributed by atoms with van der Waals surface area (Å²) in [7, 11) is 0.265. The van der Waals surface area contributed by atoms with Crippen LogP contribution in [0.2, 0.25) is 0 Å². The molecular weight excluding hydrogens is 292 g/mol. The molecule has 0 aliphatic rings. The van der Waals surface area contributed by atoms with Crippen LogP contribution in [0.4, 0.5) is 0 Å². The minimum atomic E-state index is -3.72. The van der Waals surface area contributed by atoms with Crippen molar-refractivity contribution >= 4 is 16.0 Å². The molecule has 0 fully saturated rings. The molecule has 1 aromatic rings. The average molecular weight is 314 g/mol. The first-order valence-corrected chi connectivity index (χ1v) is 8.24. The lowest BCUT2D eigenvalue weighted by atomic mass is 10.1. The number of aromatic carboxylic acids is 1. The van der Waals surface area contributed by atoms with Gasteiger partial charge >= 0.3 is 0 Å². The maximum atomic E-state index is 12.3. The summed E-state index contributed by atoms with van der Waals surface area (Å²) in [6, 6.07) is 2.57. The van der Waals surface area contributed by atoms with Gasteiger partial charge in [0.25, 0.3) is 0 Å². The van der Waals surface area contributed by atoms with E-state index in [1.54, 1.807) is 13.8 Å². The first-order chi connectivity index (χ1) is 9.65. The van der Waals surface area contributed by atoms with Gasteiger partial charge in [0.1, 0.15) is 0 Å². The summed E-state index contributed by atoms with van der Waals surface area (Å²) in [5.41, 5.74) is 1.02. The molecule has 1 rings (SSSR count). The van der Waals surface area contributed by atoms with E-state index in [0.29, 0.717) is 24.1 Å². The van der Waals surface area contributed by atoms with Crippen LogP contribution in [0.25, 0.3) is 0 Å². The van der Waals surface area contributed by atoms with Crippen LogP contribution in [0.5, 0.6) is 0 Å². The number of carbonyl (C=O) groups excluding carboxylic acids is 1. The molecule has 7 heteroatoms. The largest absolute Gasteiger partial charge is 0.545 e. The molecule has 2 N–H and O–H groups in total. The minimum absolute atomic E-state index is 0.00102. The predicted molar refractivity (Wildman–Crippen MR) is 77.7 cm³/mol. The average Bonchev–Trinajstić information content (AvgIpc) is 2.37. The summed E-state index contributed by atoms with van der Waals surface area (Å²) in [6.45, 7) is 4.50. The van der Waals surface area contributed by atoms with Gasteiger partial charge in [-0.15, -0.1) is 0 Å². The molecule has 118 valence electrons. The normalized spacial score (nSPS) is 11.9. The molecule has 0 saturated heterocycles. The summed E-state index contributed by atoms with van der Waals surface area (Å²) >= 11 is 0. The van der Waals surface area contributed by atoms with E-state index in [9.17, 15) is 18.3 Å². The van der Waals surface area contributed by atoms with Crippen molar-refractivity contribution in [2.24, 2.45) is 0 Å². The van der Waals surface area contributed by atoms with E-state index in [1.807, 2.05) is 14.1 Å². The van der Waals surface area contributed by atoms with Gasteiger partial charge in [0, 0.05) is 13.0 Å². The van der Waals surface area contributed by atoms with Gasteiger partial charge in [0.05, 0.1) is 31.5 Å². The summed E-state index contributed by atoms with van der Waals surface area (Å²) < 4.78 is 27.1. The highest BCUT2D eigenvalue weighted by Gasteiger charge is 2.18. The Balaban J connectivity index is 2.99. The Morgan fingerprint density at radius 3 is 2.43 bits per heavy atom. The molecule has 21 heavy (non-hydrogen) atoms. The molecule has 0 heterocycles. The number of sulfonamides is 1. The third kappa shape index (κ3) is 4.80. The highest BCUT2D eigenvalue weighted by atomic mass is 32.2. The summed E-state index contributed by atoms with van der Waals surface area (Å²) in [4.78, 5) is 12.2. The van der Waals surface area contributed by atoms with E-state index >= 15 is 0 Å². The summed E-state index contributed by atoms with van der Waals surface area (Å²) in [5, 5.41) is 10.9. The van der Waals surface area contributed by atoms with Crippen molar-refractivity contribution in [2.45, 2.75) is 25.2 Å². The van der Waals surface area contributed by atoms with E-state index in [4.69, 9.17) is 0 Å². The van der Waals surface area contributed by atoms with Gasteiger partial charge < -0.3 is 14.8 Å². The van der Waals surface area contributed by atoms with Gasteiger partial charge in [-0.1, -0.05) is 0 Å². The van der Waals surface area contributed by atoms with Gasteiger partial charge in [-0.05, 0) is 42.7 Å². The molecule has 0 saturated carbocycles. The second kappa shape index (κ2) is 7.02. The molecule has 0 atom stereocenters. The number of nitrogens with one attached hydrogen (secondary N) is 2. The van der Waals surface area contributed by atoms with E-state index in [-0.39, 0.29) is 10.5 Å². The third-order valence-corrected chi connectivity index (χ3v) is 4.88. The summed E-state index contributed by atoms with van der Waals surface area (Å²) in [6.07, 6.45) is 0.708. The number of hydrogen-bond donors (Lipinski definition) is 2. The van der Waals surface area contributed by atoms with Crippen molar-refractivity contribution < 1.29 is 23.2 Å². The van der Waals surface area contributed by atoms with Crippen molar-refractivity contribution in [1.29, 1.82) is 0 Å². The van der Waals surface area contributed by atoms with E-state index in [0.717, 1.165) is 12.6 Å². The van der Waals surface area contributed by atoms with Gasteiger partial charge in [-0.3, -0.25) is 0 Å². The minimum Gasteiger partial charge on any atom is -0.545 e. The molecule has 0 amide bonds. The zero-order chi connectivity index (χ0) is 16.2. The van der Waals surface area contributed by atoms with Crippen molar-refractivity contribution in [3.05, 3.63) is 28.8 Å². The molecule has 0 spiro atoms. The molecule has 6 nitrogen and oxygen atoms in total. The van der Waals surface area contributed by atoms with E-state index < -0.39 is 16.0 Å². The van der Waals surface area contributed by atoms with Crippen molar-refractivity contribution in [1.82, 2.24) is 4.72 Å². The standard InChI is InChI=1S/C14H22N2O4S/c1-10-8-12(14(17)18)9-13(11(10)2)21(19,20)15-6-5-7-16(3)4/h8-9,15H,5-7H2,1-4H3,(H,17,18). The van der Waals surface area contributed by atoms with Gasteiger partial charge in [-0.25, -0.2) is 13.1 Å². The smallest absolute Gasteiger partial charge is 0.240 e. The highest BCUT2D eigenvalue weighted by molar-refractivity contribution is 7.89. The quantitative estimate of drug-likeness (QED) is 0.598. The fraction of sp³-hybridized carbons (Fsp3) is 0.500. The summed E-state index contributed by atoms with van der Waals surface area (Å²) in [5.74, 6) is -1.38. The third-order valence-electron chi connectivity index (χ3n) is 3.29. The van der Waals surface area contributed by atoms with Crippen LogP contribution in [-0.2, 0) is 10.0 Å². The Labute approximate surface area is 125 Å². The van der Waals surface area contributed by atoms with Gasteiger partial charge in [0.15, 0.2) is 0 Å². The van der Waals surface area contributed by atoms with Gasteiger partial charge in [-0.2, -0.15) is 0 Å². The monoisotopic (exact) mass is 314 g/mol. The molecule has 0 radical (unpaired) electrons. The number of carboxylic acids is 1. The van der Waals surface area contributed by atoms with Crippen molar-refractivity contribution in [3.63, 3.8) is 0 Å². The van der Waals surface area contributed by atoms with Crippen LogP contribution in [0, 0.1) is 13.8 Å². The zero-order valence-corrected chi connectivity index (χ0v) is 13.6. The predicted octanol–water partition coefficient (Wildman–Crippen LogP) is -1.52. The molecular formula is C14H22N2O4S. The number of rotatable bonds is 7. The Bertz CT molecular complexity index is 624. The number of carboxylic acid groups (broad SMARTS) is 1. The number of aryl methyl sites for hydroxylation is 1. The lowest BCUT2D eigenvalue weighted by Gasteiger charge is -2.14. The van der Waals surface area contributed by atoms with Crippen molar-refractivity contribution in [3.8, 4) is 0 Å². The SMILES string of the molecule is Cc1cc(C(=O)[O-])cc(S(=O)(=O)NCCC[NH+](C)C)c1C. The lowest BCUT2D eigenvalue weighted by molar-refractivity contribution is -0.858. The second-order valence-electron chi connectivity index (χ2n) is 5.41. The fourth-order valence-electron chi connectivity index (χ4n) is 1.95. The molecule has 0 aliphatic carbocycles. The number of hydrogen-bond acceptors (Lipinski definition) is 4. The zero-order valence-electron chi connectivity index (χ0n) is 12.8. The molecule has 0 unspecified atom stereocenters. The van der Waals surface area contributed by atoms with Crippen LogP contribution in [-0.4, -0.2) is 41.6 Å². The van der Waals surface area contributed by atoms with Crippen LogP contribution in [0.1, 0.15) is 27.9 Å². The fourth-order valence-corrected chi connectivity index (χ4v) is 3.36. The van der Waals surface area contributed by atoms with Crippen molar-refractivity contribution in [2.75, 3.05) is 27.2 Å². The van der Waals surface area contributed by atoms with Gasteiger partial charge in [0.2, 0.25) is 10.0 Å². The molecule has 0 aromatic heterocycles. The Kier molecular flexibility index (Phi) is 5.88. The Hall–Kier alpha value is -1.44. The van der Waals surface area contributed by atoms with Crippen LogP contribution < -0.4 is 14.7 Å². The maximum Gasteiger partial charge on any atom is 0.240 e. The number of benzene rings is 1. The molecule has 1 aromatic carbocycles. The number of carbonyl (C=O) groups is 1. The van der Waals surface area contributed by atoms with Crippen LogP contribution in [0.15, 0.2) is 17.0 Å². The Morgan fingerprint density at radius 1 is 1.29 bits per heavy atom. The first kappa shape index (κ1) is 17.6. The highest BCUT2D eigenvalue weighted by Crippen LogP contribution is 2.20. The Morgan fingerprint density at radius 2 is 1.90 bits per heavy atom. The topological polar surface area (TPSA) is 90.7 Å². The van der Waals surface area contributed by atoms with Crippen LogP contribution in [0.3, 0.4) is 0 Å².